The van der Waals surface area contributed by atoms with Crippen LogP contribution >= 0.6 is 0 Å². The molecule has 0 radical (unpaired) electrons. The molecule has 0 aliphatic carbocycles. The first-order valence-corrected chi connectivity index (χ1v) is 8.77. The van der Waals surface area contributed by atoms with Crippen LogP contribution in [0.5, 0.6) is 5.75 Å². The topological polar surface area (TPSA) is 42.4 Å². The Bertz CT molecular complexity index is 990. The van der Waals surface area contributed by atoms with E-state index in [0.717, 1.165) is 22.3 Å². The number of aromatic nitrogens is 1. The summed E-state index contributed by atoms with van der Waals surface area (Å²) < 4.78 is 5.54. The van der Waals surface area contributed by atoms with E-state index in [1.54, 1.807) is 13.3 Å². The fraction of sp³-hybridized carbons (Fsp3) is 0.273. The molecule has 1 aliphatic heterocycles. The fourth-order valence-electron chi connectivity index (χ4n) is 3.88. The Morgan fingerprint density at radius 2 is 1.77 bits per heavy atom. The van der Waals surface area contributed by atoms with Gasteiger partial charge in [0.05, 0.1) is 23.9 Å². The van der Waals surface area contributed by atoms with Gasteiger partial charge in [-0.05, 0) is 35.7 Å². The lowest BCUT2D eigenvalue weighted by Crippen LogP contribution is -2.49. The van der Waals surface area contributed by atoms with Gasteiger partial charge < -0.3 is 9.64 Å². The molecule has 2 aromatic carbocycles. The number of anilines is 2. The second-order valence-electron chi connectivity index (χ2n) is 7.71. The van der Waals surface area contributed by atoms with Gasteiger partial charge in [-0.25, -0.2) is 0 Å². The first-order chi connectivity index (χ1) is 12.4. The third-order valence-corrected chi connectivity index (χ3v) is 4.93. The monoisotopic (exact) mass is 346 g/mol. The number of hydrogen-bond acceptors (Lipinski definition) is 4. The lowest BCUT2D eigenvalue weighted by Gasteiger charge is -2.44. The molecule has 4 nitrogen and oxygen atoms in total. The van der Waals surface area contributed by atoms with Gasteiger partial charge in [0.1, 0.15) is 11.8 Å². The summed E-state index contributed by atoms with van der Waals surface area (Å²) in [5.41, 5.74) is 3.18. The summed E-state index contributed by atoms with van der Waals surface area (Å²) in [6, 6.07) is 15.5. The average molecular weight is 346 g/mol. The number of pyridine rings is 1. The molecule has 3 aromatic rings. The zero-order valence-corrected chi connectivity index (χ0v) is 15.5. The summed E-state index contributed by atoms with van der Waals surface area (Å²) in [6.07, 6.45) is 1.80. The van der Waals surface area contributed by atoms with Crippen LogP contribution in [-0.4, -0.2) is 23.9 Å². The minimum absolute atomic E-state index is 0.0734. The lowest BCUT2D eigenvalue weighted by atomic mass is 9.77. The first kappa shape index (κ1) is 16.6. The van der Waals surface area contributed by atoms with Crippen LogP contribution < -0.4 is 9.64 Å². The summed E-state index contributed by atoms with van der Waals surface area (Å²) in [5, 5.41) is 0.862. The number of hydrogen-bond donors (Lipinski definition) is 0. The molecule has 1 unspecified atom stereocenters. The van der Waals surface area contributed by atoms with Crippen molar-refractivity contribution >= 4 is 28.1 Å². The quantitative estimate of drug-likeness (QED) is 0.655. The average Bonchev–Trinajstić information content (AvgIpc) is 2.63. The Morgan fingerprint density at radius 1 is 1.04 bits per heavy atom. The van der Waals surface area contributed by atoms with E-state index in [2.05, 4.69) is 30.7 Å². The van der Waals surface area contributed by atoms with Crippen molar-refractivity contribution < 1.29 is 9.53 Å². The molecule has 4 heteroatoms. The van der Waals surface area contributed by atoms with Crippen LogP contribution in [0.25, 0.3) is 10.9 Å². The number of para-hydroxylation sites is 1. The molecule has 1 aromatic heterocycles. The van der Waals surface area contributed by atoms with Crippen LogP contribution in [0.2, 0.25) is 0 Å². The zero-order chi connectivity index (χ0) is 18.5. The molecule has 1 atom stereocenters. The van der Waals surface area contributed by atoms with Gasteiger partial charge in [-0.15, -0.1) is 0 Å². The van der Waals surface area contributed by atoms with Crippen LogP contribution in [-0.2, 0) is 0 Å². The van der Waals surface area contributed by atoms with Crippen molar-refractivity contribution in [3.63, 3.8) is 0 Å². The Hall–Kier alpha value is -2.88. The summed E-state index contributed by atoms with van der Waals surface area (Å²) in [7, 11) is 1.61. The standard InChI is InChI=1S/C22H22N2O2/c1-22(2,3)21-20(25)19-17(26-4)11-10-15-18(19)16(12-13-23-15)24(21)14-8-6-5-7-9-14/h5-13,21H,1-4H3. The van der Waals surface area contributed by atoms with E-state index in [9.17, 15) is 4.79 Å². The smallest absolute Gasteiger partial charge is 0.190 e. The highest BCUT2D eigenvalue weighted by Crippen LogP contribution is 2.47. The lowest BCUT2D eigenvalue weighted by molar-refractivity contribution is 0.0897. The van der Waals surface area contributed by atoms with Gasteiger partial charge in [0.2, 0.25) is 0 Å². The van der Waals surface area contributed by atoms with Crippen LogP contribution in [0.4, 0.5) is 11.4 Å². The SMILES string of the molecule is COc1ccc2nccc3c2c1C(=O)C(C(C)(C)C)N3c1ccccc1. The number of rotatable bonds is 2. The van der Waals surface area contributed by atoms with Gasteiger partial charge in [-0.2, -0.15) is 0 Å². The van der Waals surface area contributed by atoms with E-state index in [-0.39, 0.29) is 17.2 Å². The molecule has 0 N–H and O–H groups in total. The van der Waals surface area contributed by atoms with Gasteiger partial charge >= 0.3 is 0 Å². The fourth-order valence-corrected chi connectivity index (χ4v) is 3.88. The molecule has 0 spiro atoms. The van der Waals surface area contributed by atoms with E-state index >= 15 is 0 Å². The molecule has 132 valence electrons. The molecular formula is C22H22N2O2. The number of ether oxygens (including phenoxy) is 1. The maximum atomic E-state index is 13.7. The van der Waals surface area contributed by atoms with E-state index in [4.69, 9.17) is 4.74 Å². The highest BCUT2D eigenvalue weighted by molar-refractivity contribution is 6.21. The largest absolute Gasteiger partial charge is 0.496 e. The Kier molecular flexibility index (Phi) is 3.72. The zero-order valence-electron chi connectivity index (χ0n) is 15.5. The number of Topliss-reactive ketones (excluding diaryl/α,β-unsaturated/α-hetero) is 1. The van der Waals surface area contributed by atoms with E-state index in [0.29, 0.717) is 11.3 Å². The van der Waals surface area contributed by atoms with E-state index in [1.165, 1.54) is 0 Å². The second kappa shape index (κ2) is 5.84. The van der Waals surface area contributed by atoms with Crippen LogP contribution in [0.1, 0.15) is 31.1 Å². The summed E-state index contributed by atoms with van der Waals surface area (Å²) in [4.78, 5) is 20.3. The van der Waals surface area contributed by atoms with Crippen molar-refractivity contribution in [2.45, 2.75) is 26.8 Å². The maximum Gasteiger partial charge on any atom is 0.190 e. The summed E-state index contributed by atoms with van der Waals surface area (Å²) >= 11 is 0. The molecule has 0 saturated heterocycles. The molecule has 0 saturated carbocycles. The van der Waals surface area contributed by atoms with Crippen LogP contribution in [0, 0.1) is 5.41 Å². The van der Waals surface area contributed by atoms with Crippen molar-refractivity contribution in [1.29, 1.82) is 0 Å². The van der Waals surface area contributed by atoms with Crippen molar-refractivity contribution in [1.82, 2.24) is 4.98 Å². The Balaban J connectivity index is 2.11. The van der Waals surface area contributed by atoms with Crippen molar-refractivity contribution in [2.75, 3.05) is 12.0 Å². The van der Waals surface area contributed by atoms with Crippen LogP contribution in [0.3, 0.4) is 0 Å². The molecule has 1 aliphatic rings. The number of carbonyl (C=O) groups is 1. The van der Waals surface area contributed by atoms with Crippen molar-refractivity contribution in [3.8, 4) is 5.75 Å². The second-order valence-corrected chi connectivity index (χ2v) is 7.71. The maximum absolute atomic E-state index is 13.7. The van der Waals surface area contributed by atoms with Crippen molar-refractivity contribution in [3.05, 3.63) is 60.3 Å². The molecule has 0 amide bonds. The molecular weight excluding hydrogens is 324 g/mol. The van der Waals surface area contributed by atoms with Crippen molar-refractivity contribution in [2.24, 2.45) is 5.41 Å². The molecule has 26 heavy (non-hydrogen) atoms. The Morgan fingerprint density at radius 3 is 2.42 bits per heavy atom. The Labute approximate surface area is 153 Å². The summed E-state index contributed by atoms with van der Waals surface area (Å²) in [6.45, 7) is 6.30. The van der Waals surface area contributed by atoms with Gasteiger partial charge in [0.15, 0.2) is 5.78 Å². The minimum Gasteiger partial charge on any atom is -0.496 e. The number of methoxy groups -OCH3 is 1. The van der Waals surface area contributed by atoms with Crippen LogP contribution in [0.15, 0.2) is 54.7 Å². The molecule has 0 fully saturated rings. The predicted molar refractivity (Wildman–Crippen MR) is 104 cm³/mol. The minimum atomic E-state index is -0.334. The van der Waals surface area contributed by atoms with Gasteiger partial charge in [0, 0.05) is 17.3 Å². The number of carbonyl (C=O) groups excluding carboxylic acids is 1. The van der Waals surface area contributed by atoms with E-state index in [1.807, 2.05) is 48.5 Å². The first-order valence-electron chi connectivity index (χ1n) is 8.77. The molecule has 4 rings (SSSR count). The molecule has 0 bridgehead atoms. The van der Waals surface area contributed by atoms with Gasteiger partial charge in [0.25, 0.3) is 0 Å². The molecule has 2 heterocycles. The predicted octanol–water partition coefficient (Wildman–Crippen LogP) is 4.99. The third kappa shape index (κ3) is 2.37. The number of nitrogens with zero attached hydrogens (tertiary/aromatic N) is 2. The van der Waals surface area contributed by atoms with Gasteiger partial charge in [-0.1, -0.05) is 39.0 Å². The highest BCUT2D eigenvalue weighted by Gasteiger charge is 2.43. The van der Waals surface area contributed by atoms with E-state index < -0.39 is 0 Å². The highest BCUT2D eigenvalue weighted by atomic mass is 16.5. The summed E-state index contributed by atoms with van der Waals surface area (Å²) in [5.74, 6) is 0.683. The third-order valence-electron chi connectivity index (χ3n) is 4.93. The number of ketones is 1. The normalized spacial score (nSPS) is 16.8. The van der Waals surface area contributed by atoms with Gasteiger partial charge in [-0.3, -0.25) is 9.78 Å². The number of benzene rings is 2.